The summed E-state index contributed by atoms with van der Waals surface area (Å²) in [5, 5.41) is 1.65. The number of para-hydroxylation sites is 1. The van der Waals surface area contributed by atoms with E-state index in [1.165, 1.54) is 0 Å². The van der Waals surface area contributed by atoms with Gasteiger partial charge in [-0.15, -0.1) is 0 Å². The largest absolute Gasteiger partial charge is 0.490 e. The lowest BCUT2D eigenvalue weighted by Crippen LogP contribution is -2.09. The number of nitrogens with one attached hydrogen (secondary N) is 1. The standard InChI is InChI=1S/C23H18Cl2N2O3/c1-2-29-21-11-14(22-26-19-6-4-3-5-17(19)23(28)27-22)8-10-20(21)30-13-15-7-9-16(24)12-18(15)25/h3-12H,2,13H2,1H3,(H,26,27,28). The Labute approximate surface area is 183 Å². The summed E-state index contributed by atoms with van der Waals surface area (Å²) < 4.78 is 11.7. The zero-order chi connectivity index (χ0) is 21.1. The summed E-state index contributed by atoms with van der Waals surface area (Å²) in [6.07, 6.45) is 0. The minimum absolute atomic E-state index is 0.189. The van der Waals surface area contributed by atoms with Crippen molar-refractivity contribution in [3.8, 4) is 22.9 Å². The molecule has 0 amide bonds. The molecule has 0 bridgehead atoms. The highest BCUT2D eigenvalue weighted by Crippen LogP contribution is 2.33. The molecule has 0 aliphatic carbocycles. The van der Waals surface area contributed by atoms with Gasteiger partial charge in [0.05, 0.1) is 17.5 Å². The molecule has 4 rings (SSSR count). The van der Waals surface area contributed by atoms with Crippen LogP contribution in [0.4, 0.5) is 0 Å². The fourth-order valence-corrected chi connectivity index (χ4v) is 3.52. The van der Waals surface area contributed by atoms with Gasteiger partial charge in [-0.3, -0.25) is 4.79 Å². The second-order valence-corrected chi connectivity index (χ2v) is 7.39. The molecule has 0 saturated carbocycles. The Bertz CT molecular complexity index is 1270. The second-order valence-electron chi connectivity index (χ2n) is 6.55. The van der Waals surface area contributed by atoms with Gasteiger partial charge in [0, 0.05) is 21.2 Å². The summed E-state index contributed by atoms with van der Waals surface area (Å²) in [4.78, 5) is 19.8. The average molecular weight is 441 g/mol. The summed E-state index contributed by atoms with van der Waals surface area (Å²) in [5.74, 6) is 1.58. The first-order chi connectivity index (χ1) is 14.5. The minimum atomic E-state index is -0.189. The normalized spacial score (nSPS) is 10.9. The molecule has 152 valence electrons. The van der Waals surface area contributed by atoms with Crippen LogP contribution in [0.3, 0.4) is 0 Å². The van der Waals surface area contributed by atoms with Crippen molar-refractivity contribution in [1.82, 2.24) is 9.97 Å². The predicted octanol–water partition coefficient (Wildman–Crippen LogP) is 5.87. The number of hydrogen-bond donors (Lipinski definition) is 1. The molecule has 7 heteroatoms. The topological polar surface area (TPSA) is 64.2 Å². The molecule has 0 fully saturated rings. The maximum Gasteiger partial charge on any atom is 0.259 e. The highest BCUT2D eigenvalue weighted by atomic mass is 35.5. The van der Waals surface area contributed by atoms with Crippen LogP contribution < -0.4 is 15.0 Å². The number of benzene rings is 3. The van der Waals surface area contributed by atoms with Crippen LogP contribution in [0, 0.1) is 0 Å². The van der Waals surface area contributed by atoms with Gasteiger partial charge in [-0.2, -0.15) is 0 Å². The molecule has 5 nitrogen and oxygen atoms in total. The van der Waals surface area contributed by atoms with E-state index in [9.17, 15) is 4.79 Å². The molecule has 30 heavy (non-hydrogen) atoms. The van der Waals surface area contributed by atoms with E-state index in [4.69, 9.17) is 32.7 Å². The summed E-state index contributed by atoms with van der Waals surface area (Å²) in [6.45, 7) is 2.62. The van der Waals surface area contributed by atoms with Crippen molar-refractivity contribution in [3.63, 3.8) is 0 Å². The first-order valence-corrected chi connectivity index (χ1v) is 10.1. The first-order valence-electron chi connectivity index (χ1n) is 9.38. The maximum absolute atomic E-state index is 12.4. The van der Waals surface area contributed by atoms with E-state index in [-0.39, 0.29) is 12.2 Å². The Hall–Kier alpha value is -3.02. The molecule has 1 heterocycles. The second kappa shape index (κ2) is 8.78. The van der Waals surface area contributed by atoms with Gasteiger partial charge in [-0.05, 0) is 49.4 Å². The summed E-state index contributed by atoms with van der Waals surface area (Å²) >= 11 is 12.2. The number of ether oxygens (including phenoxy) is 2. The summed E-state index contributed by atoms with van der Waals surface area (Å²) in [5.41, 5.74) is 1.98. The van der Waals surface area contributed by atoms with Gasteiger partial charge in [0.2, 0.25) is 0 Å². The summed E-state index contributed by atoms with van der Waals surface area (Å²) in [6, 6.07) is 17.9. The lowest BCUT2D eigenvalue weighted by molar-refractivity contribution is 0.269. The van der Waals surface area contributed by atoms with Crippen molar-refractivity contribution in [1.29, 1.82) is 0 Å². The van der Waals surface area contributed by atoms with Crippen molar-refractivity contribution in [2.45, 2.75) is 13.5 Å². The average Bonchev–Trinajstić information content (AvgIpc) is 2.74. The third-order valence-corrected chi connectivity index (χ3v) is 5.12. The molecule has 0 saturated heterocycles. The van der Waals surface area contributed by atoms with Crippen LogP contribution in [-0.4, -0.2) is 16.6 Å². The van der Waals surface area contributed by atoms with E-state index in [0.717, 1.165) is 11.1 Å². The van der Waals surface area contributed by atoms with E-state index >= 15 is 0 Å². The van der Waals surface area contributed by atoms with Gasteiger partial charge in [0.15, 0.2) is 11.5 Å². The van der Waals surface area contributed by atoms with E-state index in [2.05, 4.69) is 9.97 Å². The van der Waals surface area contributed by atoms with E-state index in [0.29, 0.717) is 44.9 Å². The smallest absolute Gasteiger partial charge is 0.259 e. The van der Waals surface area contributed by atoms with Crippen LogP contribution in [-0.2, 0) is 6.61 Å². The number of rotatable bonds is 6. The molecule has 0 aliphatic rings. The van der Waals surface area contributed by atoms with Gasteiger partial charge in [-0.1, -0.05) is 41.4 Å². The molecule has 0 atom stereocenters. The van der Waals surface area contributed by atoms with Crippen molar-refractivity contribution >= 4 is 34.1 Å². The number of H-pyrrole nitrogens is 1. The van der Waals surface area contributed by atoms with Crippen molar-refractivity contribution in [2.24, 2.45) is 0 Å². The van der Waals surface area contributed by atoms with E-state index in [1.807, 2.05) is 37.3 Å². The number of halogens is 2. The van der Waals surface area contributed by atoms with Gasteiger partial charge >= 0.3 is 0 Å². The highest BCUT2D eigenvalue weighted by molar-refractivity contribution is 6.35. The fraction of sp³-hybridized carbons (Fsp3) is 0.130. The number of aromatic amines is 1. The third kappa shape index (κ3) is 4.27. The van der Waals surface area contributed by atoms with Gasteiger partial charge in [-0.25, -0.2) is 4.98 Å². The van der Waals surface area contributed by atoms with E-state index in [1.54, 1.807) is 30.3 Å². The minimum Gasteiger partial charge on any atom is -0.490 e. The summed E-state index contributed by atoms with van der Waals surface area (Å²) in [7, 11) is 0. The molecule has 4 aromatic rings. The number of aromatic nitrogens is 2. The van der Waals surface area contributed by atoms with Crippen LogP contribution in [0.5, 0.6) is 11.5 Å². The molecular formula is C23H18Cl2N2O3. The third-order valence-electron chi connectivity index (χ3n) is 4.53. The zero-order valence-corrected chi connectivity index (χ0v) is 17.6. The molecule has 0 spiro atoms. The van der Waals surface area contributed by atoms with Crippen LogP contribution in [0.25, 0.3) is 22.3 Å². The van der Waals surface area contributed by atoms with Crippen LogP contribution in [0.2, 0.25) is 10.0 Å². The highest BCUT2D eigenvalue weighted by Gasteiger charge is 2.12. The number of nitrogens with zero attached hydrogens (tertiary/aromatic N) is 1. The predicted molar refractivity (Wildman–Crippen MR) is 120 cm³/mol. The van der Waals surface area contributed by atoms with E-state index < -0.39 is 0 Å². The Kier molecular flexibility index (Phi) is 5.93. The van der Waals surface area contributed by atoms with Crippen LogP contribution >= 0.6 is 23.2 Å². The van der Waals surface area contributed by atoms with Gasteiger partial charge in [0.25, 0.3) is 5.56 Å². The molecule has 1 aromatic heterocycles. The van der Waals surface area contributed by atoms with Gasteiger partial charge in [0.1, 0.15) is 12.4 Å². The molecule has 0 unspecified atom stereocenters. The lowest BCUT2D eigenvalue weighted by Gasteiger charge is -2.14. The van der Waals surface area contributed by atoms with Crippen LogP contribution in [0.1, 0.15) is 12.5 Å². The van der Waals surface area contributed by atoms with Crippen molar-refractivity contribution in [2.75, 3.05) is 6.61 Å². The molecule has 3 aromatic carbocycles. The first kappa shape index (κ1) is 20.3. The van der Waals surface area contributed by atoms with Crippen molar-refractivity contribution < 1.29 is 9.47 Å². The lowest BCUT2D eigenvalue weighted by atomic mass is 10.1. The number of hydrogen-bond acceptors (Lipinski definition) is 4. The molecule has 0 radical (unpaired) electrons. The van der Waals surface area contributed by atoms with Crippen LogP contribution in [0.15, 0.2) is 65.5 Å². The number of fused-ring (bicyclic) bond motifs is 1. The monoisotopic (exact) mass is 440 g/mol. The van der Waals surface area contributed by atoms with Crippen molar-refractivity contribution in [3.05, 3.63) is 86.6 Å². The quantitative estimate of drug-likeness (QED) is 0.406. The Morgan fingerprint density at radius 3 is 2.60 bits per heavy atom. The fourth-order valence-electron chi connectivity index (χ4n) is 3.06. The Balaban J connectivity index is 1.65. The zero-order valence-electron chi connectivity index (χ0n) is 16.1. The molecule has 1 N–H and O–H groups in total. The molecule has 0 aliphatic heterocycles. The molecular weight excluding hydrogens is 423 g/mol. The van der Waals surface area contributed by atoms with Gasteiger partial charge < -0.3 is 14.5 Å². The Morgan fingerprint density at radius 1 is 0.967 bits per heavy atom. The SMILES string of the molecule is CCOc1cc(-c2nc3ccccc3c(=O)[nH]2)ccc1OCc1ccc(Cl)cc1Cl. The maximum atomic E-state index is 12.4. The Morgan fingerprint density at radius 2 is 1.80 bits per heavy atom.